The number of halogens is 1. The van der Waals surface area contributed by atoms with Crippen molar-refractivity contribution in [3.63, 3.8) is 0 Å². The molecule has 1 aromatic carbocycles. The van der Waals surface area contributed by atoms with Crippen molar-refractivity contribution in [3.05, 3.63) is 29.1 Å². The van der Waals surface area contributed by atoms with Gasteiger partial charge in [-0.25, -0.2) is 4.39 Å². The Kier molecular flexibility index (Phi) is 2.02. The van der Waals surface area contributed by atoms with E-state index in [-0.39, 0.29) is 17.3 Å². The van der Waals surface area contributed by atoms with E-state index in [9.17, 15) is 4.39 Å². The van der Waals surface area contributed by atoms with Gasteiger partial charge in [-0.3, -0.25) is 0 Å². The fourth-order valence-corrected chi connectivity index (χ4v) is 2.69. The predicted molar refractivity (Wildman–Crippen MR) is 60.2 cm³/mol. The lowest BCUT2D eigenvalue weighted by Crippen LogP contribution is -2.32. The zero-order valence-electron chi connectivity index (χ0n) is 9.42. The van der Waals surface area contributed by atoms with Crippen LogP contribution in [0.4, 0.5) is 4.39 Å². The quantitative estimate of drug-likeness (QED) is 0.830. The second-order valence-corrected chi connectivity index (χ2v) is 4.98. The molecule has 2 nitrogen and oxygen atoms in total. The first kappa shape index (κ1) is 10.1. The molecule has 1 unspecified atom stereocenters. The normalized spacial score (nSPS) is 22.4. The molecule has 1 aromatic rings. The van der Waals surface area contributed by atoms with Gasteiger partial charge in [-0.1, -0.05) is 0 Å². The van der Waals surface area contributed by atoms with E-state index in [2.05, 4.69) is 0 Å². The summed E-state index contributed by atoms with van der Waals surface area (Å²) >= 11 is 0. The molecule has 86 valence electrons. The van der Waals surface area contributed by atoms with Gasteiger partial charge in [0.2, 0.25) is 0 Å². The van der Waals surface area contributed by atoms with Gasteiger partial charge in [0.15, 0.2) is 0 Å². The van der Waals surface area contributed by atoms with Crippen LogP contribution < -0.4 is 10.5 Å². The summed E-state index contributed by atoms with van der Waals surface area (Å²) in [7, 11) is 0. The highest BCUT2D eigenvalue weighted by Crippen LogP contribution is 2.52. The summed E-state index contributed by atoms with van der Waals surface area (Å²) in [6, 6.07) is 3.51. The van der Waals surface area contributed by atoms with Gasteiger partial charge in [-0.2, -0.15) is 0 Å². The summed E-state index contributed by atoms with van der Waals surface area (Å²) in [4.78, 5) is 0. The van der Waals surface area contributed by atoms with E-state index in [4.69, 9.17) is 10.5 Å². The number of fused-ring (bicyclic) bond motifs is 1. The fourth-order valence-electron chi connectivity index (χ4n) is 2.69. The minimum absolute atomic E-state index is 0.0161. The maximum Gasteiger partial charge on any atom is 0.130 e. The number of nitrogens with two attached hydrogens (primary N) is 1. The molecule has 1 heterocycles. The highest BCUT2D eigenvalue weighted by atomic mass is 19.1. The number of rotatable bonds is 2. The smallest absolute Gasteiger partial charge is 0.130 e. The largest absolute Gasteiger partial charge is 0.493 e. The SMILES string of the molecule is CC(N)C1(c2cc3c(cc2F)OCC3)CC1. The molecule has 1 saturated carbocycles. The van der Waals surface area contributed by atoms with E-state index >= 15 is 0 Å². The van der Waals surface area contributed by atoms with Crippen LogP contribution in [0, 0.1) is 5.82 Å². The van der Waals surface area contributed by atoms with Crippen LogP contribution in [0.3, 0.4) is 0 Å². The van der Waals surface area contributed by atoms with Crippen LogP contribution in [0.15, 0.2) is 12.1 Å². The zero-order valence-corrected chi connectivity index (χ0v) is 9.42. The van der Waals surface area contributed by atoms with E-state index in [1.54, 1.807) is 0 Å². The molecule has 0 spiro atoms. The molecule has 16 heavy (non-hydrogen) atoms. The Hall–Kier alpha value is -1.09. The molecule has 2 N–H and O–H groups in total. The fraction of sp³-hybridized carbons (Fsp3) is 0.538. The highest BCUT2D eigenvalue weighted by molar-refractivity contribution is 5.46. The molecule has 0 saturated heterocycles. The summed E-state index contributed by atoms with van der Waals surface area (Å²) in [5, 5.41) is 0. The Morgan fingerprint density at radius 3 is 2.81 bits per heavy atom. The Balaban J connectivity index is 2.08. The van der Waals surface area contributed by atoms with E-state index in [0.29, 0.717) is 12.4 Å². The Morgan fingerprint density at radius 2 is 2.19 bits per heavy atom. The van der Waals surface area contributed by atoms with E-state index in [0.717, 1.165) is 30.4 Å². The number of hydrogen-bond donors (Lipinski definition) is 1. The molecule has 3 rings (SSSR count). The number of ether oxygens (including phenoxy) is 1. The lowest BCUT2D eigenvalue weighted by molar-refractivity contribution is 0.354. The second-order valence-electron chi connectivity index (χ2n) is 4.98. The van der Waals surface area contributed by atoms with Gasteiger partial charge in [0.25, 0.3) is 0 Å². The molecule has 1 atom stereocenters. The van der Waals surface area contributed by atoms with Gasteiger partial charge in [0, 0.05) is 23.9 Å². The number of benzene rings is 1. The lowest BCUT2D eigenvalue weighted by Gasteiger charge is -2.21. The first-order valence-electron chi connectivity index (χ1n) is 5.85. The minimum atomic E-state index is -0.157. The molecule has 1 aliphatic heterocycles. The third kappa shape index (κ3) is 1.27. The van der Waals surface area contributed by atoms with Crippen molar-refractivity contribution in [2.45, 2.75) is 37.6 Å². The Bertz CT molecular complexity index is 438. The summed E-state index contributed by atoms with van der Waals surface area (Å²) in [5.41, 5.74) is 7.80. The third-order valence-electron chi connectivity index (χ3n) is 3.98. The standard InChI is InChI=1S/C13H16FNO/c1-8(15)13(3-4-13)10-6-9-2-5-16-12(9)7-11(10)14/h6-8H,2-5,15H2,1H3. The molecule has 1 fully saturated rings. The van der Waals surface area contributed by atoms with Crippen molar-refractivity contribution in [1.29, 1.82) is 0 Å². The average Bonchev–Trinajstić information content (AvgIpc) is 2.92. The van der Waals surface area contributed by atoms with Gasteiger partial charge in [-0.05, 0) is 37.0 Å². The van der Waals surface area contributed by atoms with Crippen LogP contribution in [0.25, 0.3) is 0 Å². The van der Waals surface area contributed by atoms with Crippen LogP contribution >= 0.6 is 0 Å². The van der Waals surface area contributed by atoms with Gasteiger partial charge in [0.1, 0.15) is 11.6 Å². The summed E-state index contributed by atoms with van der Waals surface area (Å²) in [6.07, 6.45) is 2.89. The van der Waals surface area contributed by atoms with E-state index in [1.807, 2.05) is 13.0 Å². The van der Waals surface area contributed by atoms with Gasteiger partial charge < -0.3 is 10.5 Å². The monoisotopic (exact) mass is 221 g/mol. The lowest BCUT2D eigenvalue weighted by atomic mass is 9.87. The van der Waals surface area contributed by atoms with Crippen molar-refractivity contribution < 1.29 is 9.13 Å². The Labute approximate surface area is 94.6 Å². The van der Waals surface area contributed by atoms with E-state index in [1.165, 1.54) is 6.07 Å². The van der Waals surface area contributed by atoms with Crippen molar-refractivity contribution in [3.8, 4) is 5.75 Å². The molecule has 1 aliphatic carbocycles. The highest BCUT2D eigenvalue weighted by Gasteiger charge is 2.49. The molecule has 0 aromatic heterocycles. The molecule has 3 heteroatoms. The second kappa shape index (κ2) is 3.20. The molecule has 2 aliphatic rings. The van der Waals surface area contributed by atoms with E-state index < -0.39 is 0 Å². The Morgan fingerprint density at radius 1 is 1.44 bits per heavy atom. The topological polar surface area (TPSA) is 35.2 Å². The summed E-state index contributed by atoms with van der Waals surface area (Å²) in [5.74, 6) is 0.553. The molecule has 0 amide bonds. The molecular weight excluding hydrogens is 205 g/mol. The minimum Gasteiger partial charge on any atom is -0.493 e. The molecule has 0 radical (unpaired) electrons. The van der Waals surface area contributed by atoms with Gasteiger partial charge >= 0.3 is 0 Å². The van der Waals surface area contributed by atoms with Crippen LogP contribution in [0.2, 0.25) is 0 Å². The van der Waals surface area contributed by atoms with Crippen molar-refractivity contribution in [2.75, 3.05) is 6.61 Å². The molecular formula is C13H16FNO. The van der Waals surface area contributed by atoms with Gasteiger partial charge in [0.05, 0.1) is 6.61 Å². The molecule has 0 bridgehead atoms. The first-order chi connectivity index (χ1) is 7.63. The zero-order chi connectivity index (χ0) is 11.3. The predicted octanol–water partition coefficient (Wildman–Crippen LogP) is 2.14. The van der Waals surface area contributed by atoms with Crippen molar-refractivity contribution in [2.24, 2.45) is 5.73 Å². The summed E-state index contributed by atoms with van der Waals surface area (Å²) in [6.45, 7) is 2.64. The van der Waals surface area contributed by atoms with Crippen molar-refractivity contribution in [1.82, 2.24) is 0 Å². The maximum atomic E-state index is 14.0. The third-order valence-corrected chi connectivity index (χ3v) is 3.98. The van der Waals surface area contributed by atoms with Crippen LogP contribution in [0.1, 0.15) is 30.9 Å². The van der Waals surface area contributed by atoms with Crippen LogP contribution in [-0.2, 0) is 11.8 Å². The maximum absolute atomic E-state index is 14.0. The van der Waals surface area contributed by atoms with Crippen LogP contribution in [0.5, 0.6) is 5.75 Å². The van der Waals surface area contributed by atoms with Crippen molar-refractivity contribution >= 4 is 0 Å². The van der Waals surface area contributed by atoms with Crippen LogP contribution in [-0.4, -0.2) is 12.6 Å². The number of hydrogen-bond acceptors (Lipinski definition) is 2. The average molecular weight is 221 g/mol. The summed E-state index contributed by atoms with van der Waals surface area (Å²) < 4.78 is 19.4. The first-order valence-corrected chi connectivity index (χ1v) is 5.85. The van der Waals surface area contributed by atoms with Gasteiger partial charge in [-0.15, -0.1) is 0 Å².